The lowest BCUT2D eigenvalue weighted by atomic mass is 10.3. The van der Waals surface area contributed by atoms with Crippen molar-refractivity contribution >= 4 is 40.6 Å². The normalized spacial score (nSPS) is 14.4. The summed E-state index contributed by atoms with van der Waals surface area (Å²) in [5.74, 6) is 1.61. The van der Waals surface area contributed by atoms with Gasteiger partial charge in [-0.1, -0.05) is 24.3 Å². The zero-order valence-corrected chi connectivity index (χ0v) is 15.9. The van der Waals surface area contributed by atoms with E-state index >= 15 is 0 Å². The SMILES string of the molecule is C/C(=N\Nc1nc(Nc2ccccc2)nc(N2CCCC2)n1)c1cccs1. The molecule has 2 aromatic heterocycles. The number of benzene rings is 1. The Morgan fingerprint density at radius 1 is 1.00 bits per heavy atom. The minimum absolute atomic E-state index is 0.432. The van der Waals surface area contributed by atoms with Gasteiger partial charge in [0.1, 0.15) is 0 Å². The van der Waals surface area contributed by atoms with E-state index in [4.69, 9.17) is 0 Å². The minimum atomic E-state index is 0.432. The Bertz CT molecular complexity index is 903. The number of nitrogens with zero attached hydrogens (tertiary/aromatic N) is 5. The zero-order chi connectivity index (χ0) is 18.5. The topological polar surface area (TPSA) is 78.3 Å². The molecule has 1 aliphatic rings. The lowest BCUT2D eigenvalue weighted by Gasteiger charge is -2.16. The minimum Gasteiger partial charge on any atom is -0.341 e. The molecule has 3 aromatic rings. The summed E-state index contributed by atoms with van der Waals surface area (Å²) in [5, 5.41) is 9.71. The molecule has 8 heteroatoms. The van der Waals surface area contributed by atoms with Gasteiger partial charge in [-0.15, -0.1) is 11.3 Å². The van der Waals surface area contributed by atoms with Gasteiger partial charge in [-0.25, -0.2) is 5.43 Å². The summed E-state index contributed by atoms with van der Waals surface area (Å²) in [4.78, 5) is 16.9. The number of aromatic nitrogens is 3. The highest BCUT2D eigenvalue weighted by molar-refractivity contribution is 7.12. The first-order valence-corrected chi connectivity index (χ1v) is 9.83. The molecule has 1 aromatic carbocycles. The fraction of sp³-hybridized carbons (Fsp3) is 0.263. The van der Waals surface area contributed by atoms with Crippen molar-refractivity contribution in [3.8, 4) is 0 Å². The van der Waals surface area contributed by atoms with Crippen LogP contribution in [0.4, 0.5) is 23.5 Å². The molecule has 0 saturated carbocycles. The molecule has 1 fully saturated rings. The van der Waals surface area contributed by atoms with Crippen molar-refractivity contribution in [3.05, 3.63) is 52.7 Å². The Kier molecular flexibility index (Phi) is 5.24. The van der Waals surface area contributed by atoms with Gasteiger partial charge in [-0.05, 0) is 43.3 Å². The number of rotatable bonds is 6. The van der Waals surface area contributed by atoms with Crippen molar-refractivity contribution < 1.29 is 0 Å². The van der Waals surface area contributed by atoms with Crippen LogP contribution < -0.4 is 15.6 Å². The van der Waals surface area contributed by atoms with Crippen molar-refractivity contribution in [2.24, 2.45) is 5.10 Å². The molecule has 1 saturated heterocycles. The predicted octanol–water partition coefficient (Wildman–Crippen LogP) is 4.11. The van der Waals surface area contributed by atoms with Crippen LogP contribution in [0, 0.1) is 0 Å². The van der Waals surface area contributed by atoms with E-state index in [0.717, 1.165) is 42.2 Å². The monoisotopic (exact) mass is 379 g/mol. The van der Waals surface area contributed by atoms with Gasteiger partial charge < -0.3 is 10.2 Å². The molecular weight excluding hydrogens is 358 g/mol. The van der Waals surface area contributed by atoms with Gasteiger partial charge in [0.05, 0.1) is 5.71 Å². The molecule has 4 rings (SSSR count). The third-order valence-electron chi connectivity index (χ3n) is 4.24. The van der Waals surface area contributed by atoms with Crippen molar-refractivity contribution in [2.45, 2.75) is 19.8 Å². The molecule has 0 aliphatic carbocycles. The highest BCUT2D eigenvalue weighted by atomic mass is 32.1. The Hall–Kier alpha value is -3.00. The second-order valence-electron chi connectivity index (χ2n) is 6.25. The van der Waals surface area contributed by atoms with Crippen LogP contribution in [0.5, 0.6) is 0 Å². The maximum absolute atomic E-state index is 4.59. The van der Waals surface area contributed by atoms with Crippen molar-refractivity contribution in [3.63, 3.8) is 0 Å². The maximum Gasteiger partial charge on any atom is 0.250 e. The molecule has 0 bridgehead atoms. The van der Waals surface area contributed by atoms with Gasteiger partial charge in [-0.3, -0.25) is 0 Å². The van der Waals surface area contributed by atoms with E-state index in [1.54, 1.807) is 11.3 Å². The van der Waals surface area contributed by atoms with Crippen LogP contribution in [0.15, 0.2) is 52.9 Å². The second kappa shape index (κ2) is 8.13. The zero-order valence-electron chi connectivity index (χ0n) is 15.1. The lowest BCUT2D eigenvalue weighted by molar-refractivity contribution is 0.882. The number of hydrogen-bond donors (Lipinski definition) is 2. The number of thiophene rings is 1. The van der Waals surface area contributed by atoms with Gasteiger partial charge in [0, 0.05) is 23.7 Å². The number of hydrogen-bond acceptors (Lipinski definition) is 8. The van der Waals surface area contributed by atoms with Gasteiger partial charge in [0.2, 0.25) is 17.8 Å². The maximum atomic E-state index is 4.59. The van der Waals surface area contributed by atoms with E-state index in [2.05, 4.69) is 35.7 Å². The molecular formula is C19H21N7S. The first-order valence-electron chi connectivity index (χ1n) is 8.95. The predicted molar refractivity (Wildman–Crippen MR) is 111 cm³/mol. The lowest BCUT2D eigenvalue weighted by Crippen LogP contribution is -2.22. The van der Waals surface area contributed by atoms with Crippen molar-refractivity contribution in [2.75, 3.05) is 28.7 Å². The van der Waals surface area contributed by atoms with E-state index < -0.39 is 0 Å². The Morgan fingerprint density at radius 3 is 2.52 bits per heavy atom. The molecule has 0 unspecified atom stereocenters. The van der Waals surface area contributed by atoms with E-state index in [9.17, 15) is 0 Å². The number of hydrazone groups is 1. The van der Waals surface area contributed by atoms with Crippen LogP contribution in [-0.4, -0.2) is 33.8 Å². The third-order valence-corrected chi connectivity index (χ3v) is 5.22. The fourth-order valence-corrected chi connectivity index (χ4v) is 3.53. The smallest absolute Gasteiger partial charge is 0.250 e. The highest BCUT2D eigenvalue weighted by Gasteiger charge is 2.17. The Balaban J connectivity index is 1.60. The van der Waals surface area contributed by atoms with Crippen molar-refractivity contribution in [1.29, 1.82) is 0 Å². The molecule has 3 heterocycles. The molecule has 0 spiro atoms. The summed E-state index contributed by atoms with van der Waals surface area (Å²) < 4.78 is 0. The van der Waals surface area contributed by atoms with E-state index in [-0.39, 0.29) is 0 Å². The molecule has 0 atom stereocenters. The van der Waals surface area contributed by atoms with Crippen LogP contribution >= 0.6 is 11.3 Å². The molecule has 2 N–H and O–H groups in total. The molecule has 0 radical (unpaired) electrons. The van der Waals surface area contributed by atoms with Crippen LogP contribution in [0.1, 0.15) is 24.6 Å². The first kappa shape index (κ1) is 17.4. The van der Waals surface area contributed by atoms with E-state index in [1.165, 1.54) is 0 Å². The van der Waals surface area contributed by atoms with Gasteiger partial charge in [0.15, 0.2) is 0 Å². The average Bonchev–Trinajstić information content (AvgIpc) is 3.40. The summed E-state index contributed by atoms with van der Waals surface area (Å²) in [6.07, 6.45) is 2.32. The molecule has 138 valence electrons. The summed E-state index contributed by atoms with van der Waals surface area (Å²) in [6.45, 7) is 3.89. The largest absolute Gasteiger partial charge is 0.341 e. The molecule has 1 aliphatic heterocycles. The molecule has 0 amide bonds. The summed E-state index contributed by atoms with van der Waals surface area (Å²) in [6, 6.07) is 13.9. The number of para-hydroxylation sites is 1. The van der Waals surface area contributed by atoms with E-state index in [0.29, 0.717) is 17.8 Å². The quantitative estimate of drug-likeness (QED) is 0.496. The number of nitrogens with one attached hydrogen (secondary N) is 2. The first-order chi connectivity index (χ1) is 13.3. The van der Waals surface area contributed by atoms with Crippen LogP contribution in [-0.2, 0) is 0 Å². The summed E-state index contributed by atoms with van der Waals surface area (Å²) in [5.41, 5.74) is 4.81. The third kappa shape index (κ3) is 4.40. The average molecular weight is 379 g/mol. The molecule has 27 heavy (non-hydrogen) atoms. The highest BCUT2D eigenvalue weighted by Crippen LogP contribution is 2.21. The van der Waals surface area contributed by atoms with Crippen LogP contribution in [0.25, 0.3) is 0 Å². The fourth-order valence-electron chi connectivity index (χ4n) is 2.85. The van der Waals surface area contributed by atoms with E-state index in [1.807, 2.05) is 54.8 Å². The molecule has 7 nitrogen and oxygen atoms in total. The summed E-state index contributed by atoms with van der Waals surface area (Å²) in [7, 11) is 0. The second-order valence-corrected chi connectivity index (χ2v) is 7.20. The summed E-state index contributed by atoms with van der Waals surface area (Å²) >= 11 is 1.65. The van der Waals surface area contributed by atoms with Gasteiger partial charge >= 0.3 is 0 Å². The standard InChI is InChI=1S/C19H21N7S/c1-14(16-10-7-13-27-16)24-25-18-21-17(20-15-8-3-2-4-9-15)22-19(23-18)26-11-5-6-12-26/h2-4,7-10,13H,5-6,11-12H2,1H3,(H2,20,21,22,23,25)/b24-14+. The Morgan fingerprint density at radius 2 is 1.78 bits per heavy atom. The van der Waals surface area contributed by atoms with Gasteiger partial charge in [0.25, 0.3) is 0 Å². The van der Waals surface area contributed by atoms with Crippen LogP contribution in [0.2, 0.25) is 0 Å². The Labute approximate surface area is 162 Å². The van der Waals surface area contributed by atoms with Crippen molar-refractivity contribution in [1.82, 2.24) is 15.0 Å². The van der Waals surface area contributed by atoms with Gasteiger partial charge in [-0.2, -0.15) is 20.1 Å². The van der Waals surface area contributed by atoms with Crippen LogP contribution in [0.3, 0.4) is 0 Å². The number of anilines is 4.